The van der Waals surface area contributed by atoms with Gasteiger partial charge < -0.3 is 10.1 Å². The number of piperazine rings is 1. The van der Waals surface area contributed by atoms with Crippen molar-refractivity contribution in [2.45, 2.75) is 44.9 Å². The monoisotopic (exact) mass is 609 g/mol. The lowest BCUT2D eigenvalue weighted by Gasteiger charge is -2.35. The van der Waals surface area contributed by atoms with Crippen LogP contribution in [0.15, 0.2) is 27.1 Å². The van der Waals surface area contributed by atoms with Gasteiger partial charge in [-0.3, -0.25) is 20.0 Å². The summed E-state index contributed by atoms with van der Waals surface area (Å²) in [6.45, 7) is 15.0. The fourth-order valence-electron chi connectivity index (χ4n) is 4.22. The number of thiazole rings is 2. The standard InChI is InChI=1S/C25H35N7O5S3/c1-8-19(21-16(3)28-18(5)38-21)13-20(26-6)22(33)27-15(2)14-31-9-11-32(12-10-31)40(35,36)23-17(4)29-24(39-23)30-25(34)37-7/h8,13,15H,6,9-12,14H2,1-5,7H3,(H,27,33)(H,29,30,34)/b19-8+,20-13-/t15-/m0/s1. The van der Waals surface area contributed by atoms with Gasteiger partial charge in [-0.2, -0.15) is 4.31 Å². The first-order chi connectivity index (χ1) is 18.9. The number of aliphatic imine (C=N–C) groups is 1. The smallest absolute Gasteiger partial charge is 0.413 e. The van der Waals surface area contributed by atoms with Crippen molar-refractivity contribution in [1.82, 2.24) is 24.5 Å². The number of aryl methyl sites for hydroxylation is 3. The van der Waals surface area contributed by atoms with Crippen LogP contribution in [0.5, 0.6) is 0 Å². The Morgan fingerprint density at radius 2 is 1.82 bits per heavy atom. The molecule has 1 aliphatic rings. The molecule has 2 aromatic heterocycles. The van der Waals surface area contributed by atoms with Crippen molar-refractivity contribution in [2.75, 3.05) is 45.2 Å². The van der Waals surface area contributed by atoms with E-state index in [9.17, 15) is 18.0 Å². The van der Waals surface area contributed by atoms with Crippen LogP contribution >= 0.6 is 22.7 Å². The first-order valence-corrected chi connectivity index (χ1v) is 15.6. The molecule has 218 valence electrons. The summed E-state index contributed by atoms with van der Waals surface area (Å²) in [5.74, 6) is -0.334. The Hall–Kier alpha value is -2.98. The van der Waals surface area contributed by atoms with Crippen LogP contribution in [0.2, 0.25) is 0 Å². The molecule has 0 aliphatic carbocycles. The van der Waals surface area contributed by atoms with E-state index in [2.05, 4.69) is 41.9 Å². The molecule has 0 saturated carbocycles. The van der Waals surface area contributed by atoms with Crippen molar-refractivity contribution < 1.29 is 22.7 Å². The third-order valence-electron chi connectivity index (χ3n) is 6.14. The van der Waals surface area contributed by atoms with Crippen LogP contribution in [-0.2, 0) is 19.6 Å². The number of nitrogens with zero attached hydrogens (tertiary/aromatic N) is 5. The van der Waals surface area contributed by atoms with Gasteiger partial charge in [0.25, 0.3) is 15.9 Å². The van der Waals surface area contributed by atoms with Crippen molar-refractivity contribution >= 4 is 62.1 Å². The molecule has 2 N–H and O–H groups in total. The highest BCUT2D eigenvalue weighted by Gasteiger charge is 2.32. The number of nitrogens with one attached hydrogen (secondary N) is 2. The van der Waals surface area contributed by atoms with Crippen LogP contribution in [0.4, 0.5) is 9.93 Å². The minimum atomic E-state index is -3.77. The summed E-state index contributed by atoms with van der Waals surface area (Å²) in [7, 11) is -2.55. The lowest BCUT2D eigenvalue weighted by molar-refractivity contribution is -0.118. The van der Waals surface area contributed by atoms with Crippen molar-refractivity contribution in [3.05, 3.63) is 39.1 Å². The first-order valence-electron chi connectivity index (χ1n) is 12.5. The van der Waals surface area contributed by atoms with Crippen LogP contribution in [0.1, 0.15) is 35.1 Å². The lowest BCUT2D eigenvalue weighted by Crippen LogP contribution is -2.52. The summed E-state index contributed by atoms with van der Waals surface area (Å²) in [5.41, 5.74) is 2.28. The number of rotatable bonds is 10. The second kappa shape index (κ2) is 13.6. The molecule has 0 radical (unpaired) electrons. The molecule has 0 unspecified atom stereocenters. The Bertz CT molecular complexity index is 1420. The number of ether oxygens (including phenoxy) is 1. The van der Waals surface area contributed by atoms with E-state index in [1.165, 1.54) is 11.4 Å². The Balaban J connectivity index is 1.57. The van der Waals surface area contributed by atoms with Crippen molar-refractivity contribution in [3.8, 4) is 0 Å². The molecule has 0 bridgehead atoms. The van der Waals surface area contributed by atoms with Crippen LogP contribution in [0, 0.1) is 20.8 Å². The van der Waals surface area contributed by atoms with E-state index >= 15 is 0 Å². The van der Waals surface area contributed by atoms with Crippen LogP contribution < -0.4 is 10.6 Å². The van der Waals surface area contributed by atoms with Gasteiger partial charge in [-0.1, -0.05) is 17.4 Å². The average Bonchev–Trinajstić information content (AvgIpc) is 3.45. The van der Waals surface area contributed by atoms with Gasteiger partial charge in [0.1, 0.15) is 5.70 Å². The number of carbonyl (C=O) groups excluding carboxylic acids is 2. The minimum Gasteiger partial charge on any atom is -0.453 e. The summed E-state index contributed by atoms with van der Waals surface area (Å²) in [4.78, 5) is 40.1. The van der Waals surface area contributed by atoms with Gasteiger partial charge in [-0.15, -0.1) is 11.3 Å². The highest BCUT2D eigenvalue weighted by Crippen LogP contribution is 2.30. The van der Waals surface area contributed by atoms with Gasteiger partial charge in [-0.05, 0) is 53.0 Å². The highest BCUT2D eigenvalue weighted by molar-refractivity contribution is 7.91. The number of allylic oxidation sites excluding steroid dienone is 3. The number of sulfonamides is 1. The van der Waals surface area contributed by atoms with E-state index < -0.39 is 16.1 Å². The molecule has 1 saturated heterocycles. The zero-order valence-corrected chi connectivity index (χ0v) is 25.9. The van der Waals surface area contributed by atoms with Crippen LogP contribution in [0.25, 0.3) is 5.57 Å². The molecule has 3 heterocycles. The third kappa shape index (κ3) is 7.60. The van der Waals surface area contributed by atoms with E-state index in [-0.39, 0.29) is 40.1 Å². The van der Waals surface area contributed by atoms with E-state index in [1.54, 1.807) is 24.3 Å². The van der Waals surface area contributed by atoms with Crippen LogP contribution in [-0.4, -0.2) is 92.2 Å². The molecule has 2 aromatic rings. The summed E-state index contributed by atoms with van der Waals surface area (Å²) < 4.78 is 32.5. The van der Waals surface area contributed by atoms with E-state index in [4.69, 9.17) is 0 Å². The molecule has 1 aliphatic heterocycles. The fraction of sp³-hybridized carbons (Fsp3) is 0.480. The predicted octanol–water partition coefficient (Wildman–Crippen LogP) is 3.20. The maximum Gasteiger partial charge on any atom is 0.413 e. The number of hydrogen-bond donors (Lipinski definition) is 2. The lowest BCUT2D eigenvalue weighted by atomic mass is 10.1. The number of amides is 2. The summed E-state index contributed by atoms with van der Waals surface area (Å²) >= 11 is 2.45. The number of hydrogen-bond acceptors (Lipinski definition) is 11. The topological polar surface area (TPSA) is 146 Å². The van der Waals surface area contributed by atoms with E-state index in [1.807, 2.05) is 33.8 Å². The normalized spacial score (nSPS) is 16.4. The van der Waals surface area contributed by atoms with Gasteiger partial charge in [0.15, 0.2) is 9.34 Å². The zero-order chi connectivity index (χ0) is 29.6. The van der Waals surface area contributed by atoms with Gasteiger partial charge in [0.05, 0.1) is 28.4 Å². The predicted molar refractivity (Wildman–Crippen MR) is 159 cm³/mol. The van der Waals surface area contributed by atoms with Crippen LogP contribution in [0.3, 0.4) is 0 Å². The average molecular weight is 610 g/mol. The number of methoxy groups -OCH3 is 1. The van der Waals surface area contributed by atoms with Gasteiger partial charge >= 0.3 is 6.09 Å². The van der Waals surface area contributed by atoms with Crippen molar-refractivity contribution in [2.24, 2.45) is 4.99 Å². The second-order valence-electron chi connectivity index (χ2n) is 9.17. The number of aromatic nitrogens is 2. The molecular formula is C25H35N7O5S3. The zero-order valence-electron chi connectivity index (χ0n) is 23.5. The largest absolute Gasteiger partial charge is 0.453 e. The molecule has 40 heavy (non-hydrogen) atoms. The summed E-state index contributed by atoms with van der Waals surface area (Å²) in [6, 6.07) is -0.210. The Kier molecular flexibility index (Phi) is 10.7. The molecule has 0 aromatic carbocycles. The van der Waals surface area contributed by atoms with Crippen molar-refractivity contribution in [1.29, 1.82) is 0 Å². The number of carbonyl (C=O) groups is 2. The Labute approximate surface area is 242 Å². The minimum absolute atomic E-state index is 0.0911. The van der Waals surface area contributed by atoms with Gasteiger partial charge in [0.2, 0.25) is 0 Å². The quantitative estimate of drug-likeness (QED) is 0.237. The first kappa shape index (κ1) is 31.5. The van der Waals surface area contributed by atoms with E-state index in [0.717, 1.165) is 32.5 Å². The Morgan fingerprint density at radius 1 is 1.15 bits per heavy atom. The van der Waals surface area contributed by atoms with Gasteiger partial charge in [-0.25, -0.2) is 23.2 Å². The molecule has 0 spiro atoms. The Morgan fingerprint density at radius 3 is 2.38 bits per heavy atom. The molecule has 15 heteroatoms. The molecular weight excluding hydrogens is 575 g/mol. The molecule has 1 atom stereocenters. The SMILES string of the molecule is C=N/C(=C\C(=C/C)c1sc(C)nc1C)C(=O)N[C@@H](C)CN1CCN(S(=O)(=O)c2sc(NC(=O)OC)nc2C)CC1. The fourth-order valence-corrected chi connectivity index (χ4v) is 8.15. The summed E-state index contributed by atoms with van der Waals surface area (Å²) in [6.07, 6.45) is 2.91. The highest BCUT2D eigenvalue weighted by atomic mass is 32.2. The summed E-state index contributed by atoms with van der Waals surface area (Å²) in [5, 5.41) is 6.49. The maximum absolute atomic E-state index is 13.2. The van der Waals surface area contributed by atoms with Gasteiger partial charge in [0, 0.05) is 38.8 Å². The number of anilines is 1. The van der Waals surface area contributed by atoms with E-state index in [0.29, 0.717) is 25.3 Å². The molecule has 2 amide bonds. The molecule has 3 rings (SSSR count). The second-order valence-corrected chi connectivity index (χ2v) is 13.5. The third-order valence-corrected chi connectivity index (χ3v) is 10.8. The van der Waals surface area contributed by atoms with Crippen molar-refractivity contribution in [3.63, 3.8) is 0 Å². The molecule has 1 fully saturated rings. The maximum atomic E-state index is 13.2. The molecule has 12 nitrogen and oxygen atoms in total.